The number of benzene rings is 6. The van der Waals surface area contributed by atoms with Crippen molar-refractivity contribution in [2.45, 2.75) is 37.5 Å². The maximum absolute atomic E-state index is 2.52. The zero-order valence-electron chi connectivity index (χ0n) is 24.4. The minimum Gasteiger partial charge on any atom is -0.310 e. The molecule has 1 fully saturated rings. The summed E-state index contributed by atoms with van der Waals surface area (Å²) in [5.41, 5.74) is 14.5. The van der Waals surface area contributed by atoms with Gasteiger partial charge in [0.05, 0.1) is 5.69 Å². The molecule has 0 N–H and O–H groups in total. The van der Waals surface area contributed by atoms with E-state index in [4.69, 9.17) is 0 Å². The van der Waals surface area contributed by atoms with Crippen LogP contribution in [0.5, 0.6) is 0 Å². The van der Waals surface area contributed by atoms with Crippen LogP contribution in [0.3, 0.4) is 0 Å². The number of anilines is 3. The Kier molecular flexibility index (Phi) is 6.45. The van der Waals surface area contributed by atoms with Crippen LogP contribution in [0, 0.1) is 0 Å². The van der Waals surface area contributed by atoms with E-state index in [9.17, 15) is 0 Å². The molecule has 208 valence electrons. The van der Waals surface area contributed by atoms with E-state index < -0.39 is 0 Å². The van der Waals surface area contributed by atoms with E-state index in [-0.39, 0.29) is 5.41 Å². The fourth-order valence-corrected chi connectivity index (χ4v) is 7.67. The van der Waals surface area contributed by atoms with Gasteiger partial charge >= 0.3 is 0 Å². The number of nitrogens with zero attached hydrogens (tertiary/aromatic N) is 1. The predicted molar refractivity (Wildman–Crippen MR) is 181 cm³/mol. The Morgan fingerprint density at radius 3 is 1.70 bits per heavy atom. The van der Waals surface area contributed by atoms with Crippen LogP contribution in [0.4, 0.5) is 17.1 Å². The van der Waals surface area contributed by atoms with Gasteiger partial charge in [-0.15, -0.1) is 0 Å². The van der Waals surface area contributed by atoms with Crippen molar-refractivity contribution in [3.8, 4) is 33.4 Å². The Labute approximate surface area is 255 Å². The van der Waals surface area contributed by atoms with Crippen LogP contribution < -0.4 is 4.90 Å². The first-order chi connectivity index (χ1) is 21.3. The molecule has 1 heteroatoms. The van der Waals surface area contributed by atoms with Crippen LogP contribution in [-0.2, 0) is 5.41 Å². The molecule has 0 unspecified atom stereocenters. The number of hydrogen-bond acceptors (Lipinski definition) is 1. The van der Waals surface area contributed by atoms with Crippen LogP contribution in [0.1, 0.15) is 43.2 Å². The average Bonchev–Trinajstić information content (AvgIpc) is 3.35. The molecule has 43 heavy (non-hydrogen) atoms. The fraction of sp³-hybridized carbons (Fsp3) is 0.143. The maximum atomic E-state index is 2.52. The normalized spacial score (nSPS) is 14.7. The number of para-hydroxylation sites is 1. The molecule has 1 spiro atoms. The molecule has 6 aromatic rings. The maximum Gasteiger partial charge on any atom is 0.0540 e. The second-order valence-electron chi connectivity index (χ2n) is 12.0. The molecule has 2 aliphatic rings. The van der Waals surface area contributed by atoms with Crippen LogP contribution in [0.15, 0.2) is 152 Å². The van der Waals surface area contributed by atoms with E-state index in [1.54, 1.807) is 0 Å². The molecule has 0 atom stereocenters. The van der Waals surface area contributed by atoms with Crippen molar-refractivity contribution >= 4 is 17.1 Å². The second-order valence-corrected chi connectivity index (χ2v) is 12.0. The first-order valence-electron chi connectivity index (χ1n) is 15.7. The van der Waals surface area contributed by atoms with Gasteiger partial charge in [0.1, 0.15) is 0 Å². The molecule has 0 bridgehead atoms. The second kappa shape index (κ2) is 10.7. The molecular formula is C42H35N. The summed E-state index contributed by atoms with van der Waals surface area (Å²) >= 11 is 0. The summed E-state index contributed by atoms with van der Waals surface area (Å²) in [6.45, 7) is 0. The Balaban J connectivity index is 1.32. The van der Waals surface area contributed by atoms with Crippen LogP contribution in [-0.4, -0.2) is 0 Å². The van der Waals surface area contributed by atoms with E-state index in [0.29, 0.717) is 0 Å². The highest BCUT2D eigenvalue weighted by Crippen LogP contribution is 2.57. The van der Waals surface area contributed by atoms with Gasteiger partial charge in [-0.05, 0) is 82.1 Å². The summed E-state index contributed by atoms with van der Waals surface area (Å²) in [6, 6.07) is 55.8. The summed E-state index contributed by atoms with van der Waals surface area (Å²) in [5, 5.41) is 0. The minimum absolute atomic E-state index is 0.113. The SMILES string of the molecule is c1ccc(-c2ccc(N(c3ccc4c(c3)C3(CCCCC3)c3ccccc3-4)c3ccccc3-c3ccccc3)cc2)cc1. The molecule has 0 aliphatic heterocycles. The first-order valence-corrected chi connectivity index (χ1v) is 15.7. The molecular weight excluding hydrogens is 518 g/mol. The minimum atomic E-state index is 0.113. The zero-order valence-corrected chi connectivity index (χ0v) is 24.4. The lowest BCUT2D eigenvalue weighted by molar-refractivity contribution is 0.353. The Morgan fingerprint density at radius 2 is 0.953 bits per heavy atom. The highest BCUT2D eigenvalue weighted by molar-refractivity contribution is 5.91. The van der Waals surface area contributed by atoms with Crippen molar-refractivity contribution in [2.75, 3.05) is 4.90 Å². The van der Waals surface area contributed by atoms with E-state index in [0.717, 1.165) is 5.69 Å². The third-order valence-electron chi connectivity index (χ3n) is 9.68. The summed E-state index contributed by atoms with van der Waals surface area (Å²) in [4.78, 5) is 2.47. The van der Waals surface area contributed by atoms with E-state index in [1.165, 1.54) is 88.0 Å². The van der Waals surface area contributed by atoms with Gasteiger partial charge in [-0.3, -0.25) is 0 Å². The monoisotopic (exact) mass is 553 g/mol. The van der Waals surface area contributed by atoms with Gasteiger partial charge in [0.15, 0.2) is 0 Å². The van der Waals surface area contributed by atoms with Crippen LogP contribution in [0.2, 0.25) is 0 Å². The highest BCUT2D eigenvalue weighted by Gasteiger charge is 2.43. The van der Waals surface area contributed by atoms with Crippen molar-refractivity contribution in [2.24, 2.45) is 0 Å². The van der Waals surface area contributed by atoms with Gasteiger partial charge in [-0.2, -0.15) is 0 Å². The average molecular weight is 554 g/mol. The topological polar surface area (TPSA) is 3.24 Å². The highest BCUT2D eigenvalue weighted by atomic mass is 15.1. The summed E-state index contributed by atoms with van der Waals surface area (Å²) < 4.78 is 0. The predicted octanol–water partition coefficient (Wildman–Crippen LogP) is 11.7. The van der Waals surface area contributed by atoms with Crippen molar-refractivity contribution < 1.29 is 0 Å². The lowest BCUT2D eigenvalue weighted by atomic mass is 9.68. The molecule has 6 aromatic carbocycles. The molecule has 0 amide bonds. The number of fused-ring (bicyclic) bond motifs is 5. The van der Waals surface area contributed by atoms with Gasteiger partial charge in [0, 0.05) is 22.4 Å². The Morgan fingerprint density at radius 1 is 0.395 bits per heavy atom. The summed E-state index contributed by atoms with van der Waals surface area (Å²) in [7, 11) is 0. The van der Waals surface area contributed by atoms with Gasteiger partial charge < -0.3 is 4.90 Å². The van der Waals surface area contributed by atoms with Gasteiger partial charge in [-0.25, -0.2) is 0 Å². The lowest BCUT2D eigenvalue weighted by Gasteiger charge is -2.36. The molecule has 1 nitrogen and oxygen atoms in total. The molecule has 1 saturated carbocycles. The number of hydrogen-bond donors (Lipinski definition) is 0. The van der Waals surface area contributed by atoms with Crippen LogP contribution in [0.25, 0.3) is 33.4 Å². The third-order valence-corrected chi connectivity index (χ3v) is 9.68. The standard InChI is InChI=1S/C42H35N/c1-4-14-31(15-5-1)32-22-24-34(25-23-32)43(41-21-11-9-18-36(41)33-16-6-2-7-17-33)35-26-27-38-37-19-8-10-20-39(37)42(40(38)30-35)28-12-3-13-29-42/h1-2,4-11,14-27,30H,3,12-13,28-29H2. The molecule has 0 heterocycles. The third kappa shape index (κ3) is 4.39. The van der Waals surface area contributed by atoms with Crippen molar-refractivity contribution in [1.29, 1.82) is 0 Å². The van der Waals surface area contributed by atoms with E-state index in [1.807, 2.05) is 0 Å². The van der Waals surface area contributed by atoms with Gasteiger partial charge in [-0.1, -0.05) is 141 Å². The fourth-order valence-electron chi connectivity index (χ4n) is 7.67. The van der Waals surface area contributed by atoms with Gasteiger partial charge in [0.2, 0.25) is 0 Å². The smallest absolute Gasteiger partial charge is 0.0540 e. The quantitative estimate of drug-likeness (QED) is 0.205. The lowest BCUT2D eigenvalue weighted by Crippen LogP contribution is -2.28. The Bertz CT molecular complexity index is 1880. The molecule has 8 rings (SSSR count). The zero-order chi connectivity index (χ0) is 28.6. The molecule has 0 saturated heterocycles. The largest absolute Gasteiger partial charge is 0.310 e. The van der Waals surface area contributed by atoms with Gasteiger partial charge in [0.25, 0.3) is 0 Å². The van der Waals surface area contributed by atoms with Crippen molar-refractivity contribution in [3.63, 3.8) is 0 Å². The molecule has 0 radical (unpaired) electrons. The summed E-state index contributed by atoms with van der Waals surface area (Å²) in [6.07, 6.45) is 6.38. The molecule has 0 aromatic heterocycles. The van der Waals surface area contributed by atoms with Crippen LogP contribution >= 0.6 is 0 Å². The van der Waals surface area contributed by atoms with Crippen molar-refractivity contribution in [1.82, 2.24) is 0 Å². The van der Waals surface area contributed by atoms with E-state index in [2.05, 4.69) is 157 Å². The molecule has 2 aliphatic carbocycles. The number of rotatable bonds is 5. The van der Waals surface area contributed by atoms with Crippen molar-refractivity contribution in [3.05, 3.63) is 163 Å². The Hall–Kier alpha value is -4.88. The summed E-state index contributed by atoms with van der Waals surface area (Å²) in [5.74, 6) is 0. The van der Waals surface area contributed by atoms with E-state index >= 15 is 0 Å². The first kappa shape index (κ1) is 25.8.